The van der Waals surface area contributed by atoms with Gasteiger partial charge in [-0.3, -0.25) is 0 Å². The summed E-state index contributed by atoms with van der Waals surface area (Å²) in [4.78, 5) is 4.25. The van der Waals surface area contributed by atoms with E-state index in [-0.39, 0.29) is 0 Å². The summed E-state index contributed by atoms with van der Waals surface area (Å²) >= 11 is 3.25. The second-order valence-corrected chi connectivity index (χ2v) is 4.55. The highest BCUT2D eigenvalue weighted by Gasteiger charge is 1.99. The Bertz CT molecular complexity index is 224. The molecule has 1 aromatic heterocycles. The number of aryl methyl sites for hydroxylation is 1. The largest absolute Gasteiger partial charge is 0.330 e. The molecule has 68 valence electrons. The Kier molecular flexibility index (Phi) is 4.57. The van der Waals surface area contributed by atoms with Crippen molar-refractivity contribution >= 4 is 23.3 Å². The zero-order valence-electron chi connectivity index (χ0n) is 7.12. The average Bonchev–Trinajstić information content (AvgIpc) is 2.45. The SMILES string of the molecule is Cc1nsc(SCCCCN)n1. The molecule has 0 unspecified atom stereocenters. The minimum atomic E-state index is 0.787. The average molecular weight is 203 g/mol. The van der Waals surface area contributed by atoms with Crippen molar-refractivity contribution in [2.75, 3.05) is 12.3 Å². The molecule has 1 aromatic rings. The fourth-order valence-corrected chi connectivity index (χ4v) is 2.46. The molecular formula is C7H13N3S2. The number of unbranched alkanes of at least 4 members (excludes halogenated alkanes) is 1. The van der Waals surface area contributed by atoms with Crippen molar-refractivity contribution in [1.82, 2.24) is 9.36 Å². The molecule has 0 fully saturated rings. The van der Waals surface area contributed by atoms with Crippen molar-refractivity contribution in [3.63, 3.8) is 0 Å². The first-order valence-electron chi connectivity index (χ1n) is 3.96. The summed E-state index contributed by atoms with van der Waals surface area (Å²) in [5, 5.41) is 0. The minimum Gasteiger partial charge on any atom is -0.330 e. The Morgan fingerprint density at radius 2 is 2.33 bits per heavy atom. The molecule has 0 aromatic carbocycles. The Morgan fingerprint density at radius 3 is 2.92 bits per heavy atom. The Balaban J connectivity index is 2.15. The summed E-state index contributed by atoms with van der Waals surface area (Å²) in [5.41, 5.74) is 5.38. The fraction of sp³-hybridized carbons (Fsp3) is 0.714. The van der Waals surface area contributed by atoms with Crippen molar-refractivity contribution in [2.45, 2.75) is 24.1 Å². The first-order chi connectivity index (χ1) is 5.83. The summed E-state index contributed by atoms with van der Waals surface area (Å²) in [6, 6.07) is 0. The van der Waals surface area contributed by atoms with Crippen LogP contribution in [0, 0.1) is 6.92 Å². The predicted octanol–water partition coefficient (Wildman–Crippen LogP) is 1.68. The van der Waals surface area contributed by atoms with Gasteiger partial charge in [-0.2, -0.15) is 4.37 Å². The second-order valence-electron chi connectivity index (χ2n) is 2.45. The minimum absolute atomic E-state index is 0.787. The molecule has 0 spiro atoms. The van der Waals surface area contributed by atoms with Crippen LogP contribution < -0.4 is 5.73 Å². The molecule has 0 radical (unpaired) electrons. The van der Waals surface area contributed by atoms with E-state index in [9.17, 15) is 0 Å². The van der Waals surface area contributed by atoms with E-state index in [1.165, 1.54) is 18.0 Å². The van der Waals surface area contributed by atoms with Gasteiger partial charge in [-0.1, -0.05) is 11.8 Å². The van der Waals surface area contributed by atoms with Crippen LogP contribution in [0.1, 0.15) is 18.7 Å². The highest BCUT2D eigenvalue weighted by Crippen LogP contribution is 2.20. The van der Waals surface area contributed by atoms with Gasteiger partial charge in [-0.15, -0.1) is 0 Å². The van der Waals surface area contributed by atoms with Gasteiger partial charge < -0.3 is 5.73 Å². The first-order valence-corrected chi connectivity index (χ1v) is 5.72. The molecule has 0 aliphatic rings. The van der Waals surface area contributed by atoms with E-state index in [0.717, 1.165) is 28.9 Å². The summed E-state index contributed by atoms with van der Waals surface area (Å²) in [6.45, 7) is 2.70. The third-order valence-corrected chi connectivity index (χ3v) is 3.34. The van der Waals surface area contributed by atoms with Crippen LogP contribution in [0.5, 0.6) is 0 Å². The van der Waals surface area contributed by atoms with Gasteiger partial charge in [0, 0.05) is 5.75 Å². The van der Waals surface area contributed by atoms with Crippen LogP contribution in [-0.4, -0.2) is 21.7 Å². The molecule has 0 amide bonds. The Morgan fingerprint density at radius 1 is 1.50 bits per heavy atom. The number of nitrogens with two attached hydrogens (primary N) is 1. The molecule has 0 saturated heterocycles. The summed E-state index contributed by atoms with van der Waals surface area (Å²) in [5.74, 6) is 1.98. The van der Waals surface area contributed by atoms with Crippen molar-refractivity contribution in [3.05, 3.63) is 5.82 Å². The molecule has 3 nitrogen and oxygen atoms in total. The number of nitrogens with zero attached hydrogens (tertiary/aromatic N) is 2. The summed E-state index contributed by atoms with van der Waals surface area (Å²) in [6.07, 6.45) is 2.27. The van der Waals surface area contributed by atoms with Gasteiger partial charge in [-0.25, -0.2) is 4.98 Å². The van der Waals surface area contributed by atoms with E-state index in [1.807, 2.05) is 6.92 Å². The summed E-state index contributed by atoms with van der Waals surface area (Å²) < 4.78 is 5.17. The van der Waals surface area contributed by atoms with E-state index >= 15 is 0 Å². The number of rotatable bonds is 5. The lowest BCUT2D eigenvalue weighted by Gasteiger charge is -1.94. The van der Waals surface area contributed by atoms with E-state index in [0.29, 0.717) is 0 Å². The monoisotopic (exact) mass is 203 g/mol. The molecule has 1 heterocycles. The molecule has 0 aliphatic heterocycles. The van der Waals surface area contributed by atoms with Crippen molar-refractivity contribution in [1.29, 1.82) is 0 Å². The lowest BCUT2D eigenvalue weighted by Crippen LogP contribution is -1.98. The van der Waals surface area contributed by atoms with Crippen LogP contribution in [0.4, 0.5) is 0 Å². The molecule has 0 aliphatic carbocycles. The van der Waals surface area contributed by atoms with Crippen LogP contribution >= 0.6 is 23.3 Å². The normalized spacial score (nSPS) is 10.5. The molecule has 0 bridgehead atoms. The lowest BCUT2D eigenvalue weighted by atomic mass is 10.3. The smallest absolute Gasteiger partial charge is 0.170 e. The molecular weight excluding hydrogens is 190 g/mol. The Hall–Kier alpha value is -0.130. The van der Waals surface area contributed by atoms with Gasteiger partial charge in [0.2, 0.25) is 0 Å². The lowest BCUT2D eigenvalue weighted by molar-refractivity contribution is 0.814. The van der Waals surface area contributed by atoms with Crippen molar-refractivity contribution < 1.29 is 0 Å². The molecule has 1 rings (SSSR count). The van der Waals surface area contributed by atoms with Crippen LogP contribution in [0.15, 0.2) is 4.34 Å². The first kappa shape index (κ1) is 9.95. The van der Waals surface area contributed by atoms with E-state index < -0.39 is 0 Å². The van der Waals surface area contributed by atoms with Gasteiger partial charge in [0.15, 0.2) is 4.34 Å². The topological polar surface area (TPSA) is 51.8 Å². The Labute approximate surface area is 80.9 Å². The number of aromatic nitrogens is 2. The molecule has 5 heteroatoms. The van der Waals surface area contributed by atoms with E-state index in [1.54, 1.807) is 11.8 Å². The zero-order chi connectivity index (χ0) is 8.81. The molecule has 0 saturated carbocycles. The van der Waals surface area contributed by atoms with Crippen LogP contribution in [-0.2, 0) is 0 Å². The van der Waals surface area contributed by atoms with Gasteiger partial charge >= 0.3 is 0 Å². The van der Waals surface area contributed by atoms with Gasteiger partial charge in [0.25, 0.3) is 0 Å². The number of hydrogen-bond donors (Lipinski definition) is 1. The van der Waals surface area contributed by atoms with Crippen LogP contribution in [0.3, 0.4) is 0 Å². The zero-order valence-corrected chi connectivity index (χ0v) is 8.75. The maximum absolute atomic E-state index is 5.38. The molecule has 2 N–H and O–H groups in total. The third kappa shape index (κ3) is 3.51. The number of hydrogen-bond acceptors (Lipinski definition) is 5. The highest BCUT2D eigenvalue weighted by atomic mass is 32.2. The van der Waals surface area contributed by atoms with Gasteiger partial charge in [0.05, 0.1) is 0 Å². The fourth-order valence-electron chi connectivity index (χ4n) is 0.743. The molecule has 12 heavy (non-hydrogen) atoms. The van der Waals surface area contributed by atoms with Crippen LogP contribution in [0.2, 0.25) is 0 Å². The maximum Gasteiger partial charge on any atom is 0.170 e. The van der Waals surface area contributed by atoms with E-state index in [2.05, 4.69) is 9.36 Å². The quantitative estimate of drug-likeness (QED) is 0.584. The maximum atomic E-state index is 5.38. The van der Waals surface area contributed by atoms with E-state index in [4.69, 9.17) is 5.73 Å². The predicted molar refractivity (Wildman–Crippen MR) is 53.7 cm³/mol. The van der Waals surface area contributed by atoms with Gasteiger partial charge in [-0.05, 0) is 37.8 Å². The van der Waals surface area contributed by atoms with Crippen molar-refractivity contribution in [3.8, 4) is 0 Å². The summed E-state index contributed by atoms with van der Waals surface area (Å²) in [7, 11) is 0. The third-order valence-electron chi connectivity index (χ3n) is 1.33. The van der Waals surface area contributed by atoms with Crippen molar-refractivity contribution in [2.24, 2.45) is 5.73 Å². The highest BCUT2D eigenvalue weighted by molar-refractivity contribution is 8.00. The number of thioether (sulfide) groups is 1. The second kappa shape index (κ2) is 5.50. The van der Waals surface area contributed by atoms with Gasteiger partial charge in [0.1, 0.15) is 5.82 Å². The standard InChI is InChI=1S/C7H13N3S2/c1-6-9-7(12-10-6)11-5-3-2-4-8/h2-5,8H2,1H3. The molecule has 0 atom stereocenters. The van der Waals surface area contributed by atoms with Crippen LogP contribution in [0.25, 0.3) is 0 Å².